The zero-order valence-corrected chi connectivity index (χ0v) is 15.6. The number of fused-ring (bicyclic) bond motifs is 1. The Balaban J connectivity index is 1.51. The number of rotatable bonds is 4. The number of allylic oxidation sites excluding steroid dienone is 1. The minimum absolute atomic E-state index is 0.1000. The number of benzene rings is 2. The summed E-state index contributed by atoms with van der Waals surface area (Å²) in [5, 5.41) is 2.69. The molecule has 3 nitrogen and oxygen atoms in total. The zero-order chi connectivity index (χ0) is 18.1. The summed E-state index contributed by atoms with van der Waals surface area (Å²) in [6.45, 7) is 2.43. The van der Waals surface area contributed by atoms with Gasteiger partial charge in [0.15, 0.2) is 5.76 Å². The minimum Gasteiger partial charge on any atom is -0.489 e. The molecular formula is C21H15ClO3S. The van der Waals surface area contributed by atoms with Gasteiger partial charge >= 0.3 is 0 Å². The molecule has 0 atom stereocenters. The maximum Gasteiger partial charge on any atom is 0.232 e. The van der Waals surface area contributed by atoms with Gasteiger partial charge < -0.3 is 9.47 Å². The highest BCUT2D eigenvalue weighted by Crippen LogP contribution is 2.35. The molecule has 1 aliphatic rings. The van der Waals surface area contributed by atoms with E-state index in [0.29, 0.717) is 34.5 Å². The predicted octanol–water partition coefficient (Wildman–Crippen LogP) is 5.91. The summed E-state index contributed by atoms with van der Waals surface area (Å²) in [6.07, 6.45) is 1.80. The largest absolute Gasteiger partial charge is 0.489 e. The van der Waals surface area contributed by atoms with Gasteiger partial charge in [0.25, 0.3) is 0 Å². The van der Waals surface area contributed by atoms with Crippen LogP contribution < -0.4 is 9.47 Å². The van der Waals surface area contributed by atoms with Gasteiger partial charge in [0.2, 0.25) is 5.78 Å². The molecule has 0 saturated heterocycles. The van der Waals surface area contributed by atoms with E-state index >= 15 is 0 Å². The predicted molar refractivity (Wildman–Crippen MR) is 104 cm³/mol. The summed E-state index contributed by atoms with van der Waals surface area (Å²) in [5.74, 6) is 1.43. The Morgan fingerprint density at radius 2 is 1.96 bits per heavy atom. The van der Waals surface area contributed by atoms with E-state index in [0.717, 1.165) is 16.0 Å². The third-order valence-corrected chi connectivity index (χ3v) is 5.34. The standard InChI is InChI=1S/C21H15ClO3S/c1-13-8-9-26-20(13)11-19-21(23)17-7-6-16(10-18(17)25-19)24-12-14-2-4-15(22)5-3-14/h2-11H,12H2,1H3/b19-11-. The number of ether oxygens (including phenoxy) is 2. The van der Waals surface area contributed by atoms with Crippen LogP contribution in [0.3, 0.4) is 0 Å². The van der Waals surface area contributed by atoms with Crippen LogP contribution in [-0.4, -0.2) is 5.78 Å². The molecule has 0 fully saturated rings. The van der Waals surface area contributed by atoms with Crippen LogP contribution in [0.15, 0.2) is 59.7 Å². The Bertz CT molecular complexity index is 1000. The van der Waals surface area contributed by atoms with Gasteiger partial charge in [-0.3, -0.25) is 4.79 Å². The number of hydrogen-bond donors (Lipinski definition) is 0. The van der Waals surface area contributed by atoms with E-state index in [9.17, 15) is 4.79 Å². The van der Waals surface area contributed by atoms with E-state index in [1.54, 1.807) is 35.6 Å². The summed E-state index contributed by atoms with van der Waals surface area (Å²) in [4.78, 5) is 13.5. The lowest BCUT2D eigenvalue weighted by Gasteiger charge is -2.07. The lowest BCUT2D eigenvalue weighted by molar-refractivity contribution is 0.101. The molecule has 1 aliphatic heterocycles. The van der Waals surface area contributed by atoms with Crippen LogP contribution >= 0.6 is 22.9 Å². The van der Waals surface area contributed by atoms with Crippen molar-refractivity contribution < 1.29 is 14.3 Å². The first-order valence-corrected chi connectivity index (χ1v) is 9.35. The number of hydrogen-bond acceptors (Lipinski definition) is 4. The molecule has 0 bridgehead atoms. The van der Waals surface area contributed by atoms with Gasteiger partial charge in [-0.1, -0.05) is 23.7 Å². The van der Waals surface area contributed by atoms with Gasteiger partial charge in [-0.25, -0.2) is 0 Å². The molecule has 0 unspecified atom stereocenters. The highest BCUT2D eigenvalue weighted by molar-refractivity contribution is 7.11. The molecule has 3 aromatic rings. The Hall–Kier alpha value is -2.56. The Morgan fingerprint density at radius 1 is 1.15 bits per heavy atom. The molecule has 4 rings (SSSR count). The van der Waals surface area contributed by atoms with Gasteiger partial charge in [0.1, 0.15) is 18.1 Å². The van der Waals surface area contributed by atoms with Crippen molar-refractivity contribution in [1.82, 2.24) is 0 Å². The first-order chi connectivity index (χ1) is 12.6. The van der Waals surface area contributed by atoms with Crippen LogP contribution in [0.25, 0.3) is 6.08 Å². The first kappa shape index (κ1) is 16.9. The fourth-order valence-electron chi connectivity index (χ4n) is 2.66. The van der Waals surface area contributed by atoms with Gasteiger partial charge in [-0.15, -0.1) is 11.3 Å². The van der Waals surface area contributed by atoms with Crippen molar-refractivity contribution >= 4 is 34.8 Å². The number of carbonyl (C=O) groups excluding carboxylic acids is 1. The summed E-state index contributed by atoms with van der Waals surface area (Å²) >= 11 is 7.47. The topological polar surface area (TPSA) is 35.5 Å². The third kappa shape index (κ3) is 3.39. The molecule has 0 spiro atoms. The molecule has 0 radical (unpaired) electrons. The highest BCUT2D eigenvalue weighted by Gasteiger charge is 2.28. The Morgan fingerprint density at radius 3 is 2.69 bits per heavy atom. The maximum atomic E-state index is 12.5. The second-order valence-electron chi connectivity index (χ2n) is 5.98. The van der Waals surface area contributed by atoms with Crippen LogP contribution in [0.2, 0.25) is 5.02 Å². The van der Waals surface area contributed by atoms with E-state index in [-0.39, 0.29) is 5.78 Å². The van der Waals surface area contributed by atoms with Crippen molar-refractivity contribution in [2.75, 3.05) is 0 Å². The monoisotopic (exact) mass is 382 g/mol. The Kier molecular flexibility index (Phi) is 4.53. The second-order valence-corrected chi connectivity index (χ2v) is 7.36. The molecule has 0 saturated carbocycles. The molecule has 2 aromatic carbocycles. The van der Waals surface area contributed by atoms with E-state index < -0.39 is 0 Å². The van der Waals surface area contributed by atoms with E-state index in [1.807, 2.05) is 42.6 Å². The Labute approximate surface area is 160 Å². The van der Waals surface area contributed by atoms with Crippen molar-refractivity contribution in [2.24, 2.45) is 0 Å². The minimum atomic E-state index is -0.1000. The lowest BCUT2D eigenvalue weighted by Crippen LogP contribution is -1.97. The maximum absolute atomic E-state index is 12.5. The molecule has 0 N–H and O–H groups in total. The van der Waals surface area contributed by atoms with Gasteiger partial charge in [-0.2, -0.15) is 0 Å². The zero-order valence-electron chi connectivity index (χ0n) is 14.0. The molecular weight excluding hydrogens is 368 g/mol. The fourth-order valence-corrected chi connectivity index (χ4v) is 3.63. The van der Waals surface area contributed by atoms with Crippen LogP contribution in [0, 0.1) is 6.92 Å². The quantitative estimate of drug-likeness (QED) is 0.526. The summed E-state index contributed by atoms with van der Waals surface area (Å²) in [7, 11) is 0. The number of ketones is 1. The molecule has 0 aliphatic carbocycles. The van der Waals surface area contributed by atoms with Crippen molar-refractivity contribution in [3.8, 4) is 11.5 Å². The molecule has 1 aromatic heterocycles. The molecule has 2 heterocycles. The molecule has 26 heavy (non-hydrogen) atoms. The second kappa shape index (κ2) is 6.98. The van der Waals surface area contributed by atoms with Crippen molar-refractivity contribution in [3.05, 3.63) is 86.3 Å². The number of aryl methyl sites for hydroxylation is 1. The molecule has 130 valence electrons. The molecule has 0 amide bonds. The van der Waals surface area contributed by atoms with E-state index in [4.69, 9.17) is 21.1 Å². The van der Waals surface area contributed by atoms with Gasteiger partial charge in [0, 0.05) is 22.0 Å². The summed E-state index contributed by atoms with van der Waals surface area (Å²) < 4.78 is 11.6. The van der Waals surface area contributed by atoms with Crippen molar-refractivity contribution in [2.45, 2.75) is 13.5 Å². The van der Waals surface area contributed by atoms with Crippen molar-refractivity contribution in [1.29, 1.82) is 0 Å². The van der Waals surface area contributed by atoms with E-state index in [2.05, 4.69) is 0 Å². The SMILES string of the molecule is Cc1ccsc1/C=C1\Oc2cc(OCc3ccc(Cl)cc3)ccc2C1=O. The molecule has 5 heteroatoms. The highest BCUT2D eigenvalue weighted by atomic mass is 35.5. The van der Waals surface area contributed by atoms with Crippen molar-refractivity contribution in [3.63, 3.8) is 0 Å². The van der Waals surface area contributed by atoms with Crippen LogP contribution in [0.4, 0.5) is 0 Å². The average molecular weight is 383 g/mol. The average Bonchev–Trinajstić information content (AvgIpc) is 3.18. The number of halogens is 1. The van der Waals surface area contributed by atoms with E-state index in [1.165, 1.54) is 0 Å². The number of carbonyl (C=O) groups is 1. The van der Waals surface area contributed by atoms with Crippen LogP contribution in [0.1, 0.15) is 26.4 Å². The first-order valence-electron chi connectivity index (χ1n) is 8.10. The fraction of sp³-hybridized carbons (Fsp3) is 0.0952. The lowest BCUT2D eigenvalue weighted by atomic mass is 10.1. The number of thiophene rings is 1. The van der Waals surface area contributed by atoms with Crippen LogP contribution in [0.5, 0.6) is 11.5 Å². The number of Topliss-reactive ketones (excluding diaryl/α,β-unsaturated/α-hetero) is 1. The van der Waals surface area contributed by atoms with Gasteiger partial charge in [-0.05, 0) is 53.8 Å². The normalized spacial score (nSPS) is 14.4. The smallest absolute Gasteiger partial charge is 0.232 e. The van der Waals surface area contributed by atoms with Gasteiger partial charge in [0.05, 0.1) is 5.56 Å². The third-order valence-electron chi connectivity index (χ3n) is 4.12. The van der Waals surface area contributed by atoms with Crippen LogP contribution in [-0.2, 0) is 6.61 Å². The summed E-state index contributed by atoms with van der Waals surface area (Å²) in [6, 6.07) is 14.8. The summed E-state index contributed by atoms with van der Waals surface area (Å²) in [5.41, 5.74) is 2.70.